The number of hydrogen-bond donors (Lipinski definition) is 1. The highest BCUT2D eigenvalue weighted by molar-refractivity contribution is 6.31. The van der Waals surface area contributed by atoms with Crippen molar-refractivity contribution in [3.05, 3.63) is 34.9 Å². The van der Waals surface area contributed by atoms with Gasteiger partial charge in [-0.1, -0.05) is 29.8 Å². The van der Waals surface area contributed by atoms with Gasteiger partial charge in [-0.05, 0) is 39.4 Å². The van der Waals surface area contributed by atoms with E-state index in [4.69, 9.17) is 16.3 Å². The van der Waals surface area contributed by atoms with Gasteiger partial charge >= 0.3 is 0 Å². The Labute approximate surface area is 103 Å². The molecule has 1 N–H and O–H groups in total. The van der Waals surface area contributed by atoms with E-state index in [1.165, 1.54) is 0 Å². The molecule has 1 rings (SSSR count). The molecule has 0 aromatic heterocycles. The number of rotatable bonds is 4. The van der Waals surface area contributed by atoms with E-state index in [2.05, 4.69) is 5.32 Å². The summed E-state index contributed by atoms with van der Waals surface area (Å²) < 4.78 is 5.77. The van der Waals surface area contributed by atoms with Crippen LogP contribution in [-0.4, -0.2) is 19.3 Å². The number of hydrogen-bond acceptors (Lipinski definition) is 2. The first kappa shape index (κ1) is 13.5. The van der Waals surface area contributed by atoms with Crippen LogP contribution in [0.15, 0.2) is 24.3 Å². The lowest BCUT2D eigenvalue weighted by molar-refractivity contribution is -0.0139. The molecule has 2 nitrogen and oxygen atoms in total. The van der Waals surface area contributed by atoms with Crippen molar-refractivity contribution in [3.8, 4) is 0 Å². The van der Waals surface area contributed by atoms with Crippen LogP contribution in [0.25, 0.3) is 0 Å². The maximum absolute atomic E-state index is 6.15. The second kappa shape index (κ2) is 5.67. The van der Waals surface area contributed by atoms with Gasteiger partial charge in [-0.25, -0.2) is 0 Å². The quantitative estimate of drug-likeness (QED) is 0.872. The summed E-state index contributed by atoms with van der Waals surface area (Å²) in [5, 5.41) is 4.00. The summed E-state index contributed by atoms with van der Waals surface area (Å²) in [5.74, 6) is 0. The average Bonchev–Trinajstić information content (AvgIpc) is 2.20. The molecule has 0 fully saturated rings. The van der Waals surface area contributed by atoms with E-state index in [0.717, 1.165) is 10.6 Å². The van der Waals surface area contributed by atoms with E-state index in [1.807, 2.05) is 52.1 Å². The lowest BCUT2D eigenvalue weighted by Crippen LogP contribution is -2.28. The molecule has 16 heavy (non-hydrogen) atoms. The second-order valence-corrected chi connectivity index (χ2v) is 5.19. The zero-order chi connectivity index (χ0) is 12.2. The molecule has 1 aromatic rings. The number of benzene rings is 1. The summed E-state index contributed by atoms with van der Waals surface area (Å²) in [4.78, 5) is 0. The Bertz CT molecular complexity index is 333. The Morgan fingerprint density at radius 2 is 1.94 bits per heavy atom. The van der Waals surface area contributed by atoms with Gasteiger partial charge in [-0.15, -0.1) is 0 Å². The normalized spacial score (nSPS) is 13.8. The number of halogens is 1. The number of likely N-dealkylation sites (N-methyl/N-ethyl adjacent to an activating group) is 1. The van der Waals surface area contributed by atoms with Gasteiger partial charge in [0.15, 0.2) is 0 Å². The minimum Gasteiger partial charge on any atom is -0.374 e. The molecule has 1 aromatic carbocycles. The molecule has 90 valence electrons. The maximum atomic E-state index is 6.15. The predicted molar refractivity (Wildman–Crippen MR) is 69.0 cm³/mol. The molecule has 1 atom stereocenters. The molecular weight excluding hydrogens is 222 g/mol. The lowest BCUT2D eigenvalue weighted by atomic mass is 10.1. The Morgan fingerprint density at radius 3 is 2.44 bits per heavy atom. The highest BCUT2D eigenvalue weighted by Gasteiger charge is 2.17. The van der Waals surface area contributed by atoms with Gasteiger partial charge in [0.2, 0.25) is 0 Å². The van der Waals surface area contributed by atoms with E-state index < -0.39 is 0 Å². The highest BCUT2D eigenvalue weighted by atomic mass is 35.5. The zero-order valence-electron chi connectivity index (χ0n) is 10.4. The SMILES string of the molecule is CNC(COC(C)(C)C)c1ccccc1Cl. The van der Waals surface area contributed by atoms with Crippen molar-refractivity contribution in [3.63, 3.8) is 0 Å². The van der Waals surface area contributed by atoms with Crippen molar-refractivity contribution in [2.45, 2.75) is 32.4 Å². The third-order valence-corrected chi connectivity index (χ3v) is 2.66. The number of nitrogens with one attached hydrogen (secondary N) is 1. The molecule has 1 unspecified atom stereocenters. The van der Waals surface area contributed by atoms with Crippen LogP contribution in [0.5, 0.6) is 0 Å². The monoisotopic (exact) mass is 241 g/mol. The summed E-state index contributed by atoms with van der Waals surface area (Å²) in [6.45, 7) is 6.76. The van der Waals surface area contributed by atoms with Crippen LogP contribution in [0.3, 0.4) is 0 Å². The van der Waals surface area contributed by atoms with Gasteiger partial charge < -0.3 is 10.1 Å². The summed E-state index contributed by atoms with van der Waals surface area (Å²) in [5.41, 5.74) is 0.951. The van der Waals surface area contributed by atoms with E-state index in [1.54, 1.807) is 0 Å². The molecule has 0 aliphatic carbocycles. The molecule has 0 saturated carbocycles. The smallest absolute Gasteiger partial charge is 0.0669 e. The van der Waals surface area contributed by atoms with E-state index in [-0.39, 0.29) is 11.6 Å². The molecule has 0 aliphatic heterocycles. The van der Waals surface area contributed by atoms with Gasteiger partial charge in [0, 0.05) is 5.02 Å². The molecule has 0 saturated heterocycles. The Balaban J connectivity index is 2.72. The third-order valence-electron chi connectivity index (χ3n) is 2.31. The summed E-state index contributed by atoms with van der Waals surface area (Å²) >= 11 is 6.15. The van der Waals surface area contributed by atoms with Crippen molar-refractivity contribution < 1.29 is 4.74 Å². The van der Waals surface area contributed by atoms with Crippen molar-refractivity contribution in [1.82, 2.24) is 5.32 Å². The molecular formula is C13H20ClNO. The first-order valence-electron chi connectivity index (χ1n) is 5.49. The van der Waals surface area contributed by atoms with Crippen molar-refractivity contribution in [2.75, 3.05) is 13.7 Å². The topological polar surface area (TPSA) is 21.3 Å². The fourth-order valence-electron chi connectivity index (χ4n) is 1.42. The second-order valence-electron chi connectivity index (χ2n) is 4.79. The molecule has 0 bridgehead atoms. The Kier molecular flexibility index (Phi) is 4.78. The predicted octanol–water partition coefficient (Wildman–Crippen LogP) is 3.42. The average molecular weight is 242 g/mol. The zero-order valence-corrected chi connectivity index (χ0v) is 11.1. The molecule has 3 heteroatoms. The molecule has 0 spiro atoms. The first-order chi connectivity index (χ1) is 7.44. The van der Waals surface area contributed by atoms with Crippen LogP contribution < -0.4 is 5.32 Å². The van der Waals surface area contributed by atoms with Crippen molar-refractivity contribution in [1.29, 1.82) is 0 Å². The van der Waals surface area contributed by atoms with Gasteiger partial charge in [0.25, 0.3) is 0 Å². The Morgan fingerprint density at radius 1 is 1.31 bits per heavy atom. The van der Waals surface area contributed by atoms with Crippen LogP contribution in [0.2, 0.25) is 5.02 Å². The van der Waals surface area contributed by atoms with E-state index in [0.29, 0.717) is 6.61 Å². The Hall–Kier alpha value is -0.570. The molecule has 0 radical (unpaired) electrons. The van der Waals surface area contributed by atoms with Crippen LogP contribution in [-0.2, 0) is 4.74 Å². The fourth-order valence-corrected chi connectivity index (χ4v) is 1.69. The lowest BCUT2D eigenvalue weighted by Gasteiger charge is -2.25. The van der Waals surface area contributed by atoms with Gasteiger partial charge in [0.1, 0.15) is 0 Å². The summed E-state index contributed by atoms with van der Waals surface area (Å²) in [6, 6.07) is 7.98. The van der Waals surface area contributed by atoms with Crippen molar-refractivity contribution in [2.24, 2.45) is 0 Å². The fraction of sp³-hybridized carbons (Fsp3) is 0.538. The molecule has 0 amide bonds. The van der Waals surface area contributed by atoms with E-state index in [9.17, 15) is 0 Å². The largest absolute Gasteiger partial charge is 0.374 e. The minimum atomic E-state index is -0.129. The van der Waals surface area contributed by atoms with Crippen LogP contribution >= 0.6 is 11.6 Å². The highest BCUT2D eigenvalue weighted by Crippen LogP contribution is 2.23. The summed E-state index contributed by atoms with van der Waals surface area (Å²) in [6.07, 6.45) is 0. The molecule has 0 aliphatic rings. The van der Waals surface area contributed by atoms with Gasteiger partial charge in [-0.2, -0.15) is 0 Å². The first-order valence-corrected chi connectivity index (χ1v) is 5.87. The standard InChI is InChI=1S/C13H20ClNO/c1-13(2,3)16-9-12(15-4)10-7-5-6-8-11(10)14/h5-8,12,15H,9H2,1-4H3. The van der Waals surface area contributed by atoms with Gasteiger partial charge in [0.05, 0.1) is 18.2 Å². The molecule has 0 heterocycles. The van der Waals surface area contributed by atoms with Gasteiger partial charge in [-0.3, -0.25) is 0 Å². The third kappa shape index (κ3) is 4.12. The van der Waals surface area contributed by atoms with Crippen LogP contribution in [0.1, 0.15) is 32.4 Å². The van der Waals surface area contributed by atoms with Crippen LogP contribution in [0, 0.1) is 0 Å². The summed E-state index contributed by atoms with van der Waals surface area (Å²) in [7, 11) is 1.92. The van der Waals surface area contributed by atoms with E-state index >= 15 is 0 Å². The minimum absolute atomic E-state index is 0.129. The van der Waals surface area contributed by atoms with Crippen LogP contribution in [0.4, 0.5) is 0 Å². The number of ether oxygens (including phenoxy) is 1. The van der Waals surface area contributed by atoms with Crippen molar-refractivity contribution >= 4 is 11.6 Å². The maximum Gasteiger partial charge on any atom is 0.0669 e.